The molecule has 178 valence electrons. The smallest absolute Gasteiger partial charge is 0.251 e. The zero-order valence-corrected chi connectivity index (χ0v) is 20.2. The van der Waals surface area contributed by atoms with Crippen molar-refractivity contribution in [2.45, 2.75) is 11.4 Å². The van der Waals surface area contributed by atoms with Crippen molar-refractivity contribution in [3.8, 4) is 22.5 Å². The zero-order valence-electron chi connectivity index (χ0n) is 19.3. The first-order valence-electron chi connectivity index (χ1n) is 11.2. The number of carbonyl (C=O) groups excluding carboxylic acids is 1. The lowest BCUT2D eigenvalue weighted by atomic mass is 10.0. The Morgan fingerprint density at radius 2 is 1.31 bits per heavy atom. The summed E-state index contributed by atoms with van der Waals surface area (Å²) in [6.45, 7) is 0.404. The van der Waals surface area contributed by atoms with E-state index < -0.39 is 0 Å². The number of aromatic nitrogens is 2. The highest BCUT2D eigenvalue weighted by Crippen LogP contribution is 2.31. The summed E-state index contributed by atoms with van der Waals surface area (Å²) in [5.41, 5.74) is 4.97. The van der Waals surface area contributed by atoms with Crippen LogP contribution in [0.2, 0.25) is 0 Å². The molecule has 0 bridgehead atoms. The lowest BCUT2D eigenvalue weighted by Gasteiger charge is -2.12. The first kappa shape index (κ1) is 23.6. The molecule has 0 spiro atoms. The van der Waals surface area contributed by atoms with Gasteiger partial charge in [0.15, 0.2) is 0 Å². The summed E-state index contributed by atoms with van der Waals surface area (Å²) in [6.07, 6.45) is 2.02. The molecule has 0 fully saturated rings. The molecule has 0 unspecified atom stereocenters. The third-order valence-corrected chi connectivity index (χ3v) is 6.52. The zero-order chi connectivity index (χ0) is 25.1. The monoisotopic (exact) mass is 497 g/mol. The Balaban J connectivity index is 1.49. The second kappa shape index (κ2) is 10.3. The van der Waals surface area contributed by atoms with Gasteiger partial charge < -0.3 is 5.32 Å². The second-order valence-corrected chi connectivity index (χ2v) is 9.05. The molecule has 0 saturated heterocycles. The van der Waals surface area contributed by atoms with Crippen LogP contribution in [0, 0.1) is 11.6 Å². The Bertz CT molecular complexity index is 1540. The third kappa shape index (κ3) is 5.11. The Hall–Kier alpha value is -4.10. The van der Waals surface area contributed by atoms with Crippen LogP contribution >= 0.6 is 11.8 Å². The number of nitrogens with zero attached hydrogens (tertiary/aromatic N) is 2. The third-order valence-electron chi connectivity index (χ3n) is 5.77. The Morgan fingerprint density at radius 3 is 1.86 bits per heavy atom. The number of carbonyl (C=O) groups is 1. The summed E-state index contributed by atoms with van der Waals surface area (Å²) < 4.78 is 27.1. The Morgan fingerprint density at radius 1 is 0.750 bits per heavy atom. The van der Waals surface area contributed by atoms with Crippen LogP contribution in [0.1, 0.15) is 15.9 Å². The maximum Gasteiger partial charge on any atom is 0.251 e. The van der Waals surface area contributed by atoms with E-state index in [0.29, 0.717) is 45.7 Å². The molecule has 0 aliphatic carbocycles. The molecule has 4 nitrogen and oxygen atoms in total. The minimum atomic E-state index is -0.363. The van der Waals surface area contributed by atoms with Gasteiger partial charge in [0.25, 0.3) is 5.91 Å². The standard InChI is InChI=1S/C29H21F2N3OS/c1-36-24-13-2-18(3-14-24)17-32-29(35)21-8-15-25-26(16-21)34-28(20-6-11-23(31)12-7-20)27(33-25)19-4-9-22(30)10-5-19/h2-16H,17H2,1H3,(H,32,35). The van der Waals surface area contributed by atoms with Gasteiger partial charge in [-0.3, -0.25) is 4.79 Å². The van der Waals surface area contributed by atoms with Gasteiger partial charge in [-0.1, -0.05) is 12.1 Å². The largest absolute Gasteiger partial charge is 0.348 e. The number of hydrogen-bond donors (Lipinski definition) is 1. The van der Waals surface area contributed by atoms with Crippen LogP contribution < -0.4 is 5.32 Å². The van der Waals surface area contributed by atoms with E-state index in [0.717, 1.165) is 10.5 Å². The van der Waals surface area contributed by atoms with E-state index in [1.165, 1.54) is 24.3 Å². The fraction of sp³-hybridized carbons (Fsp3) is 0.0690. The number of hydrogen-bond acceptors (Lipinski definition) is 4. The number of benzene rings is 4. The second-order valence-electron chi connectivity index (χ2n) is 8.17. The summed E-state index contributed by atoms with van der Waals surface area (Å²) in [5.74, 6) is -0.942. The minimum Gasteiger partial charge on any atom is -0.348 e. The van der Waals surface area contributed by atoms with Crippen molar-refractivity contribution in [3.05, 3.63) is 114 Å². The molecule has 5 rings (SSSR count). The van der Waals surface area contributed by atoms with Crippen molar-refractivity contribution in [1.29, 1.82) is 0 Å². The van der Waals surface area contributed by atoms with E-state index in [1.807, 2.05) is 30.5 Å². The quantitative estimate of drug-likeness (QED) is 0.260. The highest BCUT2D eigenvalue weighted by Gasteiger charge is 2.15. The summed E-state index contributed by atoms with van der Waals surface area (Å²) in [7, 11) is 0. The van der Waals surface area contributed by atoms with E-state index in [4.69, 9.17) is 9.97 Å². The number of rotatable bonds is 6. The molecule has 1 N–H and O–H groups in total. The maximum atomic E-state index is 13.6. The predicted molar refractivity (Wildman–Crippen MR) is 140 cm³/mol. The number of fused-ring (bicyclic) bond motifs is 1. The summed E-state index contributed by atoms with van der Waals surface area (Å²) >= 11 is 1.66. The molecule has 1 aromatic heterocycles. The molecule has 0 radical (unpaired) electrons. The summed E-state index contributed by atoms with van der Waals surface area (Å²) in [5, 5.41) is 2.94. The highest BCUT2D eigenvalue weighted by molar-refractivity contribution is 7.98. The van der Waals surface area contributed by atoms with Gasteiger partial charge in [-0.15, -0.1) is 11.8 Å². The van der Waals surface area contributed by atoms with Crippen molar-refractivity contribution >= 4 is 28.7 Å². The average Bonchev–Trinajstić information content (AvgIpc) is 2.92. The Labute approximate surface area is 211 Å². The number of thioether (sulfide) groups is 1. The molecule has 0 atom stereocenters. The van der Waals surface area contributed by atoms with Gasteiger partial charge in [-0.05, 0) is 90.7 Å². The van der Waals surface area contributed by atoms with Crippen LogP contribution in [0.3, 0.4) is 0 Å². The molecule has 0 saturated carbocycles. The van der Waals surface area contributed by atoms with Crippen LogP contribution in [0.25, 0.3) is 33.5 Å². The van der Waals surface area contributed by atoms with Gasteiger partial charge in [0.05, 0.1) is 22.4 Å². The molecule has 5 aromatic rings. The number of amides is 1. The highest BCUT2D eigenvalue weighted by atomic mass is 32.2. The van der Waals surface area contributed by atoms with Gasteiger partial charge >= 0.3 is 0 Å². The average molecular weight is 498 g/mol. The van der Waals surface area contributed by atoms with Crippen LogP contribution in [-0.4, -0.2) is 22.1 Å². The van der Waals surface area contributed by atoms with Crippen LogP contribution in [-0.2, 0) is 6.54 Å². The summed E-state index contributed by atoms with van der Waals surface area (Å²) in [4.78, 5) is 23.6. The fourth-order valence-corrected chi connectivity index (χ4v) is 4.25. The number of halogens is 2. The van der Waals surface area contributed by atoms with E-state index in [9.17, 15) is 13.6 Å². The first-order chi connectivity index (χ1) is 17.5. The fourth-order valence-electron chi connectivity index (χ4n) is 3.84. The van der Waals surface area contributed by atoms with Gasteiger partial charge in [0.2, 0.25) is 0 Å². The molecule has 0 aliphatic heterocycles. The van der Waals surface area contributed by atoms with Gasteiger partial charge in [0, 0.05) is 28.1 Å². The molecular formula is C29H21F2N3OS. The van der Waals surface area contributed by atoms with Crippen molar-refractivity contribution in [2.75, 3.05) is 6.26 Å². The normalized spacial score (nSPS) is 11.0. The first-order valence-corrected chi connectivity index (χ1v) is 12.5. The molecule has 7 heteroatoms. The maximum absolute atomic E-state index is 13.6. The van der Waals surface area contributed by atoms with Crippen molar-refractivity contribution in [3.63, 3.8) is 0 Å². The van der Waals surface area contributed by atoms with E-state index in [-0.39, 0.29) is 17.5 Å². The number of nitrogens with one attached hydrogen (secondary N) is 1. The molecule has 36 heavy (non-hydrogen) atoms. The van der Waals surface area contributed by atoms with Crippen LogP contribution in [0.15, 0.2) is 95.9 Å². The van der Waals surface area contributed by atoms with Crippen LogP contribution in [0.4, 0.5) is 8.78 Å². The van der Waals surface area contributed by atoms with Gasteiger partial charge in [0.1, 0.15) is 11.6 Å². The molecular weight excluding hydrogens is 476 g/mol. The van der Waals surface area contributed by atoms with Crippen molar-refractivity contribution in [1.82, 2.24) is 15.3 Å². The van der Waals surface area contributed by atoms with Crippen molar-refractivity contribution in [2.24, 2.45) is 0 Å². The van der Waals surface area contributed by atoms with E-state index in [1.54, 1.807) is 54.2 Å². The van der Waals surface area contributed by atoms with Gasteiger partial charge in [-0.2, -0.15) is 0 Å². The minimum absolute atomic E-state index is 0.224. The lowest BCUT2D eigenvalue weighted by Crippen LogP contribution is -2.22. The predicted octanol–water partition coefficient (Wildman–Crippen LogP) is 6.89. The molecule has 1 amide bonds. The molecule has 0 aliphatic rings. The molecule has 1 heterocycles. The molecule has 4 aromatic carbocycles. The topological polar surface area (TPSA) is 54.9 Å². The summed E-state index contributed by atoms with van der Waals surface area (Å²) in [6, 6.07) is 25.1. The van der Waals surface area contributed by atoms with Gasteiger partial charge in [-0.25, -0.2) is 18.7 Å². The van der Waals surface area contributed by atoms with Crippen molar-refractivity contribution < 1.29 is 13.6 Å². The SMILES string of the molecule is CSc1ccc(CNC(=O)c2ccc3nc(-c4ccc(F)cc4)c(-c4ccc(F)cc4)nc3c2)cc1. The van der Waals surface area contributed by atoms with E-state index >= 15 is 0 Å². The van der Waals surface area contributed by atoms with Crippen LogP contribution in [0.5, 0.6) is 0 Å². The van der Waals surface area contributed by atoms with E-state index in [2.05, 4.69) is 5.32 Å². The Kier molecular flexibility index (Phi) is 6.73. The lowest BCUT2D eigenvalue weighted by molar-refractivity contribution is 0.0951.